The third-order valence-electron chi connectivity index (χ3n) is 8.08. The largest absolute Gasteiger partial charge is 0.508 e. The summed E-state index contributed by atoms with van der Waals surface area (Å²) < 4.78 is 5.99. The maximum atomic E-state index is 13.6. The number of benzene rings is 2. The maximum Gasteiger partial charge on any atom is 0.455 e. The van der Waals surface area contributed by atoms with Crippen LogP contribution in [0, 0.1) is 17.8 Å². The SMILES string of the molecule is CC/C(=C\c1ccc(O)cc1Cl)CC[C@H]1OB(O)C[C@H]2C1=C(CO)C[C@H]1C(=O)c3ccccc3C(=O)[C@H]12. The molecule has 4 atom stereocenters. The molecule has 6 nitrogen and oxygen atoms in total. The molecule has 1 aliphatic heterocycles. The number of aromatic hydroxyl groups is 1. The Morgan fingerprint density at radius 1 is 1.14 bits per heavy atom. The first-order valence-electron chi connectivity index (χ1n) is 12.8. The zero-order valence-electron chi connectivity index (χ0n) is 20.7. The number of carbonyl (C=O) groups is 2. The van der Waals surface area contributed by atoms with Crippen LogP contribution in [-0.2, 0) is 4.65 Å². The molecule has 0 bridgehead atoms. The lowest BCUT2D eigenvalue weighted by atomic mass is 9.54. The van der Waals surface area contributed by atoms with Crippen LogP contribution in [0.2, 0.25) is 11.3 Å². The molecule has 0 aromatic heterocycles. The number of halogens is 1. The minimum atomic E-state index is -1.06. The highest BCUT2D eigenvalue weighted by Crippen LogP contribution is 2.50. The van der Waals surface area contributed by atoms with Gasteiger partial charge in [0.15, 0.2) is 11.6 Å². The molecule has 8 heteroatoms. The lowest BCUT2D eigenvalue weighted by Crippen LogP contribution is -2.51. The van der Waals surface area contributed by atoms with Gasteiger partial charge in [0, 0.05) is 23.0 Å². The van der Waals surface area contributed by atoms with E-state index in [0.29, 0.717) is 35.4 Å². The number of aliphatic hydroxyl groups excluding tert-OH is 1. The van der Waals surface area contributed by atoms with E-state index in [4.69, 9.17) is 16.3 Å². The van der Waals surface area contributed by atoms with Crippen molar-refractivity contribution in [1.29, 1.82) is 0 Å². The highest BCUT2D eigenvalue weighted by Gasteiger charge is 2.53. The molecule has 1 fully saturated rings. The van der Waals surface area contributed by atoms with Crippen molar-refractivity contribution in [3.8, 4) is 5.75 Å². The Labute approximate surface area is 221 Å². The van der Waals surface area contributed by atoms with Gasteiger partial charge in [-0.2, -0.15) is 0 Å². The first-order valence-corrected chi connectivity index (χ1v) is 13.2. The molecule has 2 aromatic rings. The van der Waals surface area contributed by atoms with E-state index in [1.165, 1.54) is 6.07 Å². The maximum absolute atomic E-state index is 13.6. The number of phenolic OH excluding ortho intramolecular Hbond substituents is 1. The minimum absolute atomic E-state index is 0.0651. The summed E-state index contributed by atoms with van der Waals surface area (Å²) in [6, 6.07) is 11.8. The Morgan fingerprint density at radius 2 is 1.86 bits per heavy atom. The van der Waals surface area contributed by atoms with E-state index < -0.39 is 25.1 Å². The number of hydrogen-bond acceptors (Lipinski definition) is 6. The van der Waals surface area contributed by atoms with Gasteiger partial charge < -0.3 is 19.9 Å². The second-order valence-electron chi connectivity index (χ2n) is 10.1. The summed E-state index contributed by atoms with van der Waals surface area (Å²) in [5, 5.41) is 31.1. The predicted octanol–water partition coefficient (Wildman–Crippen LogP) is 5.12. The normalized spacial score (nSPS) is 25.6. The van der Waals surface area contributed by atoms with Crippen molar-refractivity contribution in [2.75, 3.05) is 6.61 Å². The van der Waals surface area contributed by atoms with E-state index in [1.54, 1.807) is 36.4 Å². The lowest BCUT2D eigenvalue weighted by molar-refractivity contribution is 0.0590. The van der Waals surface area contributed by atoms with Gasteiger partial charge in [0.1, 0.15) is 5.75 Å². The second kappa shape index (κ2) is 10.6. The standard InChI is InChI=1S/C29H30BClO6/c1-2-16(11-17-8-9-19(33)13-24(17)31)7-10-25-26-18(15-32)12-22-27(23(26)14-30(36)37-25)29(35)21-6-4-3-5-20(21)28(22)34/h3-6,8-9,11,13,22-23,25,27,32-33,36H,2,7,10,12,14-15H2,1H3/b16-11+/t22-,23+,25-,27-/m1/s1. The van der Waals surface area contributed by atoms with Gasteiger partial charge in [0.2, 0.25) is 0 Å². The Bertz CT molecular complexity index is 1300. The summed E-state index contributed by atoms with van der Waals surface area (Å²) in [7, 11) is -1.06. The highest BCUT2D eigenvalue weighted by atomic mass is 35.5. The van der Waals surface area contributed by atoms with E-state index >= 15 is 0 Å². The molecule has 1 saturated heterocycles. The molecule has 3 N–H and O–H groups in total. The molecule has 2 aromatic carbocycles. The van der Waals surface area contributed by atoms with Gasteiger partial charge in [0.05, 0.1) is 17.7 Å². The van der Waals surface area contributed by atoms with Crippen LogP contribution in [0.15, 0.2) is 59.2 Å². The quantitative estimate of drug-likeness (QED) is 0.361. The number of allylic oxidation sites excluding steroid dienone is 1. The Balaban J connectivity index is 1.45. The van der Waals surface area contributed by atoms with Crippen LogP contribution in [0.5, 0.6) is 5.75 Å². The zero-order chi connectivity index (χ0) is 26.3. The van der Waals surface area contributed by atoms with Crippen molar-refractivity contribution >= 4 is 36.4 Å². The number of phenols is 1. The van der Waals surface area contributed by atoms with Crippen molar-refractivity contribution < 1.29 is 29.5 Å². The van der Waals surface area contributed by atoms with Crippen molar-refractivity contribution in [2.24, 2.45) is 17.8 Å². The number of carbonyl (C=O) groups excluding carboxylic acids is 2. The van der Waals surface area contributed by atoms with Crippen molar-refractivity contribution in [2.45, 2.75) is 45.0 Å². The Morgan fingerprint density at radius 3 is 2.54 bits per heavy atom. The highest BCUT2D eigenvalue weighted by molar-refractivity contribution is 6.43. The molecule has 0 radical (unpaired) electrons. The fourth-order valence-corrected chi connectivity index (χ4v) is 6.56. The minimum Gasteiger partial charge on any atom is -0.508 e. The number of ketones is 2. The van der Waals surface area contributed by atoms with Crippen LogP contribution in [0.3, 0.4) is 0 Å². The molecule has 0 unspecified atom stereocenters. The summed E-state index contributed by atoms with van der Waals surface area (Å²) in [5.41, 5.74) is 4.43. The Hall–Kier alpha value is -2.71. The van der Waals surface area contributed by atoms with Crippen LogP contribution in [0.1, 0.15) is 58.9 Å². The molecule has 0 amide bonds. The van der Waals surface area contributed by atoms with E-state index in [1.807, 2.05) is 13.0 Å². The fraction of sp³-hybridized carbons (Fsp3) is 0.379. The predicted molar refractivity (Wildman–Crippen MR) is 143 cm³/mol. The number of Topliss-reactive ketones (excluding diaryl/α,β-unsaturated/α-hetero) is 2. The third-order valence-corrected chi connectivity index (χ3v) is 8.41. The van der Waals surface area contributed by atoms with Gasteiger partial charge in [-0.15, -0.1) is 0 Å². The van der Waals surface area contributed by atoms with Gasteiger partial charge in [-0.1, -0.05) is 54.4 Å². The number of fused-ring (bicyclic) bond motifs is 4. The summed E-state index contributed by atoms with van der Waals surface area (Å²) in [6.45, 7) is 1.83. The van der Waals surface area contributed by atoms with Crippen molar-refractivity contribution in [1.82, 2.24) is 0 Å². The molecule has 192 valence electrons. The van der Waals surface area contributed by atoms with Gasteiger partial charge in [-0.25, -0.2) is 0 Å². The van der Waals surface area contributed by atoms with Crippen molar-refractivity contribution in [3.05, 3.63) is 80.9 Å². The first kappa shape index (κ1) is 25.9. The molecular formula is C29H30BClO6. The molecule has 0 saturated carbocycles. The summed E-state index contributed by atoms with van der Waals surface area (Å²) in [6.07, 6.45) is 4.05. The molecule has 0 spiro atoms. The summed E-state index contributed by atoms with van der Waals surface area (Å²) in [5.74, 6) is -1.49. The molecule has 37 heavy (non-hydrogen) atoms. The zero-order valence-corrected chi connectivity index (χ0v) is 21.4. The average molecular weight is 521 g/mol. The lowest BCUT2D eigenvalue weighted by Gasteiger charge is -2.47. The molecular weight excluding hydrogens is 491 g/mol. The van der Waals surface area contributed by atoms with E-state index in [0.717, 1.165) is 28.7 Å². The molecule has 5 rings (SSSR count). The van der Waals surface area contributed by atoms with Crippen LogP contribution >= 0.6 is 11.6 Å². The number of hydrogen-bond donors (Lipinski definition) is 3. The van der Waals surface area contributed by atoms with Crippen LogP contribution < -0.4 is 0 Å². The monoisotopic (exact) mass is 520 g/mol. The molecule has 3 aliphatic rings. The topological polar surface area (TPSA) is 104 Å². The second-order valence-corrected chi connectivity index (χ2v) is 10.6. The van der Waals surface area contributed by atoms with Crippen molar-refractivity contribution in [3.63, 3.8) is 0 Å². The third kappa shape index (κ3) is 4.81. The molecule has 2 aliphatic carbocycles. The van der Waals surface area contributed by atoms with Gasteiger partial charge >= 0.3 is 7.12 Å². The summed E-state index contributed by atoms with van der Waals surface area (Å²) in [4.78, 5) is 27.0. The van der Waals surface area contributed by atoms with E-state index in [9.17, 15) is 24.8 Å². The number of rotatable bonds is 6. The van der Waals surface area contributed by atoms with Crippen LogP contribution in [0.4, 0.5) is 0 Å². The fourth-order valence-electron chi connectivity index (χ4n) is 6.34. The summed E-state index contributed by atoms with van der Waals surface area (Å²) >= 11 is 6.30. The van der Waals surface area contributed by atoms with E-state index in [-0.39, 0.29) is 36.2 Å². The number of aliphatic hydroxyl groups is 1. The van der Waals surface area contributed by atoms with Gasteiger partial charge in [-0.05, 0) is 72.8 Å². The first-order chi connectivity index (χ1) is 17.8. The smallest absolute Gasteiger partial charge is 0.455 e. The van der Waals surface area contributed by atoms with Crippen LogP contribution in [0.25, 0.3) is 6.08 Å². The molecule has 1 heterocycles. The Kier molecular flexibility index (Phi) is 7.41. The van der Waals surface area contributed by atoms with E-state index in [2.05, 4.69) is 0 Å². The van der Waals surface area contributed by atoms with Gasteiger partial charge in [0.25, 0.3) is 0 Å². The average Bonchev–Trinajstić information content (AvgIpc) is 2.89. The van der Waals surface area contributed by atoms with Gasteiger partial charge in [-0.3, -0.25) is 9.59 Å². The van der Waals surface area contributed by atoms with Crippen LogP contribution in [-0.4, -0.2) is 46.6 Å².